The molecule has 0 fully saturated rings. The number of pyridine rings is 1. The van der Waals surface area contributed by atoms with Crippen LogP contribution < -0.4 is 42.4 Å². The summed E-state index contributed by atoms with van der Waals surface area (Å²) in [6.07, 6.45) is 1.34. The summed E-state index contributed by atoms with van der Waals surface area (Å²) in [4.78, 5) is 74.5. The van der Waals surface area contributed by atoms with Crippen molar-refractivity contribution in [3.8, 4) is 11.5 Å². The average molecular weight is 767 g/mol. The fourth-order valence-electron chi connectivity index (χ4n) is 6.67. The molecular weight excluding hydrogens is 747 g/mol. The molecule has 1 aromatic heterocycles. The van der Waals surface area contributed by atoms with E-state index in [1.807, 2.05) is 22.6 Å². The summed E-state index contributed by atoms with van der Waals surface area (Å²) in [6, 6.07) is 9.34. The number of benzene rings is 2. The molecule has 4 aliphatic rings. The van der Waals surface area contributed by atoms with Crippen LogP contribution in [0.2, 0.25) is 5.02 Å². The van der Waals surface area contributed by atoms with Crippen LogP contribution in [0.25, 0.3) is 22.3 Å². The maximum Gasteiger partial charge on any atom is 0.260 e. The van der Waals surface area contributed by atoms with Crippen LogP contribution in [0.15, 0.2) is 65.5 Å². The molecule has 14 heteroatoms. The van der Waals surface area contributed by atoms with Gasteiger partial charge in [-0.25, -0.2) is 0 Å². The molecule has 236 valence electrons. The van der Waals surface area contributed by atoms with Crippen LogP contribution in [0, 0.1) is 14.0 Å². The van der Waals surface area contributed by atoms with E-state index in [2.05, 4.69) is 10.1 Å². The number of nitrogens with one attached hydrogen (secondary N) is 1. The second kappa shape index (κ2) is 10.8. The van der Waals surface area contributed by atoms with Gasteiger partial charge in [-0.15, -0.1) is 0 Å². The molecule has 0 saturated heterocycles. The molecule has 0 bridgehead atoms. The molecule has 7 rings (SSSR count). The standard InChI is InChI=1S/C33H20ClIN2O10/c1-46-18-9-17(38)20-21(26(18)39)28(41)23-22(27(20)40)30(43)33(31(23)44)7-6-15-24(33)29(42)19-16(25(15)35)8-14(37-32(19)45)10-36-47-11-12-2-4-13(34)5-3-12/h2-5,8-10,42-44H,6-7,11H2,1H3,(H,37,45)/b36-10+/t33-/m0/s1. The molecule has 47 heavy (non-hydrogen) atoms. The number of hydrogen-bond acceptors (Lipinski definition) is 11. The quantitative estimate of drug-likeness (QED) is 0.115. The van der Waals surface area contributed by atoms with Gasteiger partial charge >= 0.3 is 0 Å². The minimum atomic E-state index is -2.00. The zero-order chi connectivity index (χ0) is 33.5. The number of fused-ring (bicyclic) bond motifs is 4. The summed E-state index contributed by atoms with van der Waals surface area (Å²) in [5, 5.41) is 36.8. The van der Waals surface area contributed by atoms with Gasteiger partial charge < -0.3 is 29.9 Å². The van der Waals surface area contributed by atoms with Gasteiger partial charge in [-0.1, -0.05) is 28.9 Å². The maximum absolute atomic E-state index is 13.7. The van der Waals surface area contributed by atoms with Crippen molar-refractivity contribution in [2.75, 3.05) is 7.11 Å². The molecule has 1 spiro atoms. The van der Waals surface area contributed by atoms with Gasteiger partial charge in [0.15, 0.2) is 11.2 Å². The minimum Gasteiger partial charge on any atom is -0.510 e. The number of phenolic OH excluding ortho intramolecular Hbond substituents is 1. The molecule has 0 saturated carbocycles. The fourth-order valence-corrected chi connectivity index (χ4v) is 7.76. The van der Waals surface area contributed by atoms with Gasteiger partial charge in [-0.3, -0.25) is 24.0 Å². The predicted octanol–water partition coefficient (Wildman–Crippen LogP) is 1.32. The number of aromatic nitrogens is 1. The van der Waals surface area contributed by atoms with E-state index in [0.29, 0.717) is 19.5 Å². The zero-order valence-corrected chi connectivity index (χ0v) is 27.0. The van der Waals surface area contributed by atoms with Crippen LogP contribution in [0.3, 0.4) is 0 Å². The molecule has 12 nitrogen and oxygen atoms in total. The number of nitrogens with zero attached hydrogens (tertiary/aromatic N) is 1. The number of aliphatic hydroxyl groups is 2. The van der Waals surface area contributed by atoms with E-state index in [0.717, 1.165) is 18.7 Å². The predicted molar refractivity (Wildman–Crippen MR) is 180 cm³/mol. The minimum absolute atomic E-state index is 0.0658. The van der Waals surface area contributed by atoms with Crippen LogP contribution in [-0.2, 0) is 23.3 Å². The highest BCUT2D eigenvalue weighted by Gasteiger charge is 2.53. The molecule has 0 unspecified atom stereocenters. The van der Waals surface area contributed by atoms with Crippen molar-refractivity contribution < 1.29 is 24.9 Å². The topological polar surface area (TPSA) is 193 Å². The number of methoxy groups -OCH3 is 1. The monoisotopic (exact) mass is 766 g/mol. The molecule has 0 amide bonds. The highest BCUT2D eigenvalue weighted by Crippen LogP contribution is 2.55. The lowest BCUT2D eigenvalue weighted by Crippen LogP contribution is -2.51. The first-order chi connectivity index (χ1) is 22.4. The molecular formula is C33H20ClIN2O10. The van der Waals surface area contributed by atoms with Gasteiger partial charge in [0.05, 0.1) is 45.3 Å². The summed E-state index contributed by atoms with van der Waals surface area (Å²) in [5.41, 5.74) is -5.50. The van der Waals surface area contributed by atoms with E-state index in [-0.39, 0.29) is 36.1 Å². The summed E-state index contributed by atoms with van der Waals surface area (Å²) in [5.74, 6) is -2.58. The van der Waals surface area contributed by atoms with Crippen LogP contribution in [0.4, 0.5) is 0 Å². The third-order valence-corrected chi connectivity index (χ3v) is 10.3. The van der Waals surface area contributed by atoms with Crippen molar-refractivity contribution in [2.24, 2.45) is 5.16 Å². The van der Waals surface area contributed by atoms with E-state index in [1.54, 1.807) is 30.3 Å². The molecule has 1 atom stereocenters. The molecule has 0 radical (unpaired) electrons. The molecule has 3 aromatic rings. The van der Waals surface area contributed by atoms with Gasteiger partial charge in [-0.05, 0) is 64.8 Å². The lowest BCUT2D eigenvalue weighted by atomic mass is 9.78. The number of ether oxygens (including phenoxy) is 1. The maximum atomic E-state index is 13.7. The second-order valence-corrected chi connectivity index (χ2v) is 12.7. The number of aliphatic hydroxyl groups excluding tert-OH is 2. The van der Waals surface area contributed by atoms with Crippen molar-refractivity contribution in [1.82, 2.24) is 4.98 Å². The van der Waals surface area contributed by atoms with Gasteiger partial charge in [0.2, 0.25) is 16.3 Å². The van der Waals surface area contributed by atoms with Crippen LogP contribution in [-0.4, -0.2) is 33.6 Å². The largest absolute Gasteiger partial charge is 0.510 e. The van der Waals surface area contributed by atoms with Crippen LogP contribution in [0.1, 0.15) is 28.8 Å². The van der Waals surface area contributed by atoms with E-state index in [1.165, 1.54) is 6.21 Å². The summed E-state index contributed by atoms with van der Waals surface area (Å²) < 4.78 is 5.42. The number of hydrogen-bond donors (Lipinski definition) is 4. The Morgan fingerprint density at radius 2 is 1.62 bits per heavy atom. The molecule has 1 heterocycles. The van der Waals surface area contributed by atoms with Crippen molar-refractivity contribution in [1.29, 1.82) is 0 Å². The Labute approximate surface area is 279 Å². The molecule has 2 aromatic carbocycles. The van der Waals surface area contributed by atoms with Crippen molar-refractivity contribution in [2.45, 2.75) is 24.9 Å². The van der Waals surface area contributed by atoms with Crippen molar-refractivity contribution in [3.63, 3.8) is 0 Å². The fraction of sp³-hybridized carbons (Fsp3) is 0.152. The number of phenols is 1. The first-order valence-electron chi connectivity index (χ1n) is 14.0. The lowest BCUT2D eigenvalue weighted by Gasteiger charge is -2.27. The second-order valence-electron chi connectivity index (χ2n) is 11.2. The third-order valence-electron chi connectivity index (χ3n) is 8.79. The van der Waals surface area contributed by atoms with Gasteiger partial charge in [0.1, 0.15) is 29.3 Å². The number of aromatic amines is 1. The van der Waals surface area contributed by atoms with E-state index < -0.39 is 76.6 Å². The molecule has 4 aliphatic carbocycles. The average Bonchev–Trinajstić information content (AvgIpc) is 3.55. The highest BCUT2D eigenvalue weighted by molar-refractivity contribution is 14.1. The Morgan fingerprint density at radius 3 is 2.28 bits per heavy atom. The van der Waals surface area contributed by atoms with Crippen LogP contribution >= 0.6 is 34.2 Å². The number of rotatable bonds is 5. The van der Waals surface area contributed by atoms with Gasteiger partial charge in [0.25, 0.3) is 5.56 Å². The third kappa shape index (κ3) is 4.18. The Morgan fingerprint density at radius 1 is 0.957 bits per heavy atom. The Kier molecular flexibility index (Phi) is 7.02. The molecule has 0 aliphatic heterocycles. The first-order valence-corrected chi connectivity index (χ1v) is 15.4. The number of halogens is 2. The lowest BCUT2D eigenvalue weighted by molar-refractivity contribution is 0.132. The van der Waals surface area contributed by atoms with E-state index in [4.69, 9.17) is 21.2 Å². The Hall–Kier alpha value is -5.02. The smallest absolute Gasteiger partial charge is 0.260 e. The zero-order valence-electron chi connectivity index (χ0n) is 24.1. The normalized spacial score (nSPS) is 16.9. The van der Waals surface area contributed by atoms with Gasteiger partial charge in [-0.2, -0.15) is 0 Å². The summed E-state index contributed by atoms with van der Waals surface area (Å²) in [6.45, 7) is 0.146. The van der Waals surface area contributed by atoms with Crippen molar-refractivity contribution >= 4 is 62.7 Å². The number of H-pyrrole nitrogens is 1. The summed E-state index contributed by atoms with van der Waals surface area (Å²) in [7, 11) is 1.12. The highest BCUT2D eigenvalue weighted by atomic mass is 127. The number of aromatic hydroxyl groups is 1. The first kappa shape index (κ1) is 30.6. The van der Waals surface area contributed by atoms with Gasteiger partial charge in [0, 0.05) is 25.6 Å². The number of oxime groups is 1. The Balaban J connectivity index is 1.42. The van der Waals surface area contributed by atoms with E-state index >= 15 is 0 Å². The van der Waals surface area contributed by atoms with Crippen molar-refractivity contribution in [3.05, 3.63) is 139 Å². The Bertz CT molecular complexity index is 2740. The van der Waals surface area contributed by atoms with E-state index in [9.17, 15) is 39.3 Å². The van der Waals surface area contributed by atoms with Crippen LogP contribution in [0.5, 0.6) is 11.5 Å². The SMILES string of the molecule is COc1cc(=O)c2c(=O)c3c(c(=O)c=2c1=O)=C(O)[C@]1(CCc2c1c(O)c1c(=O)[nH]c(/C=N/OCc4ccc(Cl)cc4)cc1c2I)C=3O. The molecule has 4 N–H and O–H groups in total. The summed E-state index contributed by atoms with van der Waals surface area (Å²) >= 11 is 7.88.